The number of hydrogen-bond donors (Lipinski definition) is 2. The summed E-state index contributed by atoms with van der Waals surface area (Å²) in [6.07, 6.45) is 4.65. The van der Waals surface area contributed by atoms with Crippen molar-refractivity contribution in [3.63, 3.8) is 0 Å². The molecule has 2 N–H and O–H groups in total. The van der Waals surface area contributed by atoms with Crippen molar-refractivity contribution in [2.45, 2.75) is 51.9 Å². The van der Waals surface area contributed by atoms with Crippen LogP contribution in [0.1, 0.15) is 36.6 Å². The van der Waals surface area contributed by atoms with Crippen LogP contribution >= 0.6 is 0 Å². The van der Waals surface area contributed by atoms with Gasteiger partial charge < -0.3 is 10.4 Å². The molecule has 136 valence electrons. The van der Waals surface area contributed by atoms with E-state index in [2.05, 4.69) is 66.5 Å². The van der Waals surface area contributed by atoms with Gasteiger partial charge >= 0.3 is 0 Å². The molecule has 25 heavy (non-hydrogen) atoms. The van der Waals surface area contributed by atoms with Crippen molar-refractivity contribution >= 4 is 0 Å². The smallest absolute Gasteiger partial charge is 0.0791 e. The van der Waals surface area contributed by atoms with Gasteiger partial charge in [0.25, 0.3) is 0 Å². The van der Waals surface area contributed by atoms with Crippen molar-refractivity contribution in [1.29, 1.82) is 0 Å². The SMILES string of the molecule is Cc1cnn([C@H](C)[C@@H](C)NC[C@@H](O)CN2CCc3ccccc3C2)c1. The Kier molecular flexibility index (Phi) is 5.89. The third kappa shape index (κ3) is 4.69. The van der Waals surface area contributed by atoms with Gasteiger partial charge in [-0.3, -0.25) is 9.58 Å². The summed E-state index contributed by atoms with van der Waals surface area (Å²) in [5.41, 5.74) is 4.01. The van der Waals surface area contributed by atoms with Crippen molar-refractivity contribution < 1.29 is 5.11 Å². The van der Waals surface area contributed by atoms with Crippen LogP contribution < -0.4 is 5.32 Å². The summed E-state index contributed by atoms with van der Waals surface area (Å²) in [6.45, 7) is 9.62. The van der Waals surface area contributed by atoms with Crippen LogP contribution in [0.3, 0.4) is 0 Å². The van der Waals surface area contributed by atoms with Crippen molar-refractivity contribution in [3.05, 3.63) is 53.3 Å². The van der Waals surface area contributed by atoms with E-state index in [0.717, 1.165) is 19.5 Å². The molecular weight excluding hydrogens is 312 g/mol. The third-order valence-corrected chi connectivity index (χ3v) is 5.23. The Hall–Kier alpha value is -1.69. The van der Waals surface area contributed by atoms with Gasteiger partial charge in [0.05, 0.1) is 18.3 Å². The number of aliphatic hydroxyl groups is 1. The van der Waals surface area contributed by atoms with E-state index in [1.807, 2.05) is 10.9 Å². The van der Waals surface area contributed by atoms with E-state index in [9.17, 15) is 5.11 Å². The molecule has 0 saturated heterocycles. The highest BCUT2D eigenvalue weighted by Crippen LogP contribution is 2.18. The molecule has 2 aromatic rings. The maximum atomic E-state index is 10.4. The molecule has 3 rings (SSSR count). The second-order valence-electron chi connectivity index (χ2n) is 7.34. The highest BCUT2D eigenvalue weighted by Gasteiger charge is 2.20. The average molecular weight is 342 g/mol. The monoisotopic (exact) mass is 342 g/mol. The first-order valence-corrected chi connectivity index (χ1v) is 9.24. The Balaban J connectivity index is 1.44. The molecule has 0 unspecified atom stereocenters. The van der Waals surface area contributed by atoms with Gasteiger partial charge in [-0.1, -0.05) is 24.3 Å². The predicted molar refractivity (Wildman–Crippen MR) is 101 cm³/mol. The lowest BCUT2D eigenvalue weighted by Gasteiger charge is -2.31. The lowest BCUT2D eigenvalue weighted by atomic mass is 10.00. The van der Waals surface area contributed by atoms with E-state index in [1.54, 1.807) is 0 Å². The van der Waals surface area contributed by atoms with Gasteiger partial charge in [-0.2, -0.15) is 5.10 Å². The zero-order valence-electron chi connectivity index (χ0n) is 15.5. The number of β-amino-alcohol motifs (C(OH)–C–C–N with tert-alkyl or cyclic N) is 1. The predicted octanol–water partition coefficient (Wildman–Crippen LogP) is 2.15. The summed E-state index contributed by atoms with van der Waals surface area (Å²) in [7, 11) is 0. The maximum absolute atomic E-state index is 10.4. The van der Waals surface area contributed by atoms with E-state index in [1.165, 1.54) is 16.7 Å². The molecule has 0 aliphatic carbocycles. The van der Waals surface area contributed by atoms with E-state index in [0.29, 0.717) is 13.1 Å². The van der Waals surface area contributed by atoms with Crippen LogP contribution in [0.15, 0.2) is 36.7 Å². The fourth-order valence-corrected chi connectivity index (χ4v) is 3.45. The molecule has 5 heteroatoms. The number of aliphatic hydroxyl groups excluding tert-OH is 1. The first kappa shape index (κ1) is 18.1. The van der Waals surface area contributed by atoms with Crippen molar-refractivity contribution in [1.82, 2.24) is 20.0 Å². The van der Waals surface area contributed by atoms with Gasteiger partial charge in [-0.15, -0.1) is 0 Å². The average Bonchev–Trinajstić information content (AvgIpc) is 3.05. The number of rotatable bonds is 7. The van der Waals surface area contributed by atoms with Crippen LogP contribution in [-0.2, 0) is 13.0 Å². The third-order valence-electron chi connectivity index (χ3n) is 5.23. The Labute approximate surface area is 150 Å². The molecule has 1 aromatic heterocycles. The Morgan fingerprint density at radius 3 is 2.72 bits per heavy atom. The number of hydrogen-bond acceptors (Lipinski definition) is 4. The fourth-order valence-electron chi connectivity index (χ4n) is 3.45. The first-order valence-electron chi connectivity index (χ1n) is 9.24. The Morgan fingerprint density at radius 2 is 2.00 bits per heavy atom. The van der Waals surface area contributed by atoms with Gasteiger partial charge in [-0.25, -0.2) is 0 Å². The first-order chi connectivity index (χ1) is 12.0. The van der Waals surface area contributed by atoms with Gasteiger partial charge in [-0.05, 0) is 43.9 Å². The van der Waals surface area contributed by atoms with Gasteiger partial charge in [0.1, 0.15) is 0 Å². The molecule has 0 amide bonds. The number of benzene rings is 1. The maximum Gasteiger partial charge on any atom is 0.0791 e. The standard InChI is InChI=1S/C20H30N4O/c1-15-10-22-24(12-15)17(3)16(2)21-11-20(25)14-23-9-8-18-6-4-5-7-19(18)13-23/h4-7,10,12,16-17,20-21,25H,8-9,11,13-14H2,1-3H3/t16-,17-,20-/m1/s1. The highest BCUT2D eigenvalue weighted by atomic mass is 16.3. The van der Waals surface area contributed by atoms with Crippen LogP contribution in [-0.4, -0.2) is 51.6 Å². The quantitative estimate of drug-likeness (QED) is 0.810. The largest absolute Gasteiger partial charge is 0.390 e. The summed E-state index contributed by atoms with van der Waals surface area (Å²) in [6, 6.07) is 9.11. The minimum Gasteiger partial charge on any atom is -0.390 e. The fraction of sp³-hybridized carbons (Fsp3) is 0.550. The van der Waals surface area contributed by atoms with E-state index in [-0.39, 0.29) is 18.2 Å². The number of fused-ring (bicyclic) bond motifs is 1. The molecule has 5 nitrogen and oxygen atoms in total. The molecule has 0 bridgehead atoms. The van der Waals surface area contributed by atoms with Gasteiger partial charge in [0.2, 0.25) is 0 Å². The number of nitrogens with one attached hydrogen (secondary N) is 1. The van der Waals surface area contributed by atoms with Crippen molar-refractivity contribution in [2.24, 2.45) is 0 Å². The highest BCUT2D eigenvalue weighted by molar-refractivity contribution is 5.29. The summed E-state index contributed by atoms with van der Waals surface area (Å²) < 4.78 is 1.99. The molecule has 0 saturated carbocycles. The number of aryl methyl sites for hydroxylation is 1. The minimum absolute atomic E-state index is 0.246. The summed E-state index contributed by atoms with van der Waals surface area (Å²) >= 11 is 0. The molecule has 1 aliphatic rings. The van der Waals surface area contributed by atoms with Crippen molar-refractivity contribution in [2.75, 3.05) is 19.6 Å². The van der Waals surface area contributed by atoms with Crippen LogP contribution in [0.4, 0.5) is 0 Å². The Bertz CT molecular complexity index is 684. The van der Waals surface area contributed by atoms with Crippen molar-refractivity contribution in [3.8, 4) is 0 Å². The van der Waals surface area contributed by atoms with Gasteiger partial charge in [0, 0.05) is 38.4 Å². The molecule has 0 spiro atoms. The number of aromatic nitrogens is 2. The lowest BCUT2D eigenvalue weighted by Crippen LogP contribution is -2.44. The minimum atomic E-state index is -0.362. The second kappa shape index (κ2) is 8.13. The molecule has 2 heterocycles. The molecular formula is C20H30N4O. The normalized spacial score (nSPS) is 18.6. The van der Waals surface area contributed by atoms with Crippen LogP contribution in [0.2, 0.25) is 0 Å². The molecule has 0 radical (unpaired) electrons. The zero-order valence-corrected chi connectivity index (χ0v) is 15.5. The Morgan fingerprint density at radius 1 is 1.24 bits per heavy atom. The van der Waals surface area contributed by atoms with Crippen LogP contribution in [0, 0.1) is 6.92 Å². The van der Waals surface area contributed by atoms with Crippen LogP contribution in [0.25, 0.3) is 0 Å². The molecule has 0 fully saturated rings. The zero-order chi connectivity index (χ0) is 17.8. The molecule has 3 atom stereocenters. The summed E-state index contributed by atoms with van der Waals surface area (Å²) in [4.78, 5) is 2.35. The van der Waals surface area contributed by atoms with E-state index < -0.39 is 0 Å². The lowest BCUT2D eigenvalue weighted by molar-refractivity contribution is 0.100. The summed E-state index contributed by atoms with van der Waals surface area (Å²) in [5, 5.41) is 18.3. The topological polar surface area (TPSA) is 53.3 Å². The molecule has 1 aliphatic heterocycles. The van der Waals surface area contributed by atoms with E-state index in [4.69, 9.17) is 0 Å². The number of nitrogens with zero attached hydrogens (tertiary/aromatic N) is 3. The van der Waals surface area contributed by atoms with Gasteiger partial charge in [0.15, 0.2) is 0 Å². The second-order valence-corrected chi connectivity index (χ2v) is 7.34. The van der Waals surface area contributed by atoms with Crippen LogP contribution in [0.5, 0.6) is 0 Å². The summed E-state index contributed by atoms with van der Waals surface area (Å²) in [5.74, 6) is 0. The molecule has 1 aromatic carbocycles. The van der Waals surface area contributed by atoms with E-state index >= 15 is 0 Å².